The molecule has 164 valence electrons. The summed E-state index contributed by atoms with van der Waals surface area (Å²) in [4.78, 5) is 32.7. The maximum atomic E-state index is 11.9. The van der Waals surface area contributed by atoms with Crippen molar-refractivity contribution in [3.05, 3.63) is 0 Å². The zero-order valence-electron chi connectivity index (χ0n) is 18.3. The Morgan fingerprint density at radius 2 is 1.04 bits per heavy atom. The number of likely N-dealkylation sites (N-methyl/N-ethyl adjacent to an activating group) is 2. The minimum atomic E-state index is -0.144. The molecule has 0 radical (unpaired) electrons. The van der Waals surface area contributed by atoms with Crippen LogP contribution >= 0.6 is 0 Å². The van der Waals surface area contributed by atoms with Gasteiger partial charge < -0.3 is 19.3 Å². The first-order valence-corrected chi connectivity index (χ1v) is 10.6. The second-order valence-electron chi connectivity index (χ2n) is 7.48. The van der Waals surface area contributed by atoms with Crippen LogP contribution in [0.4, 0.5) is 0 Å². The molecular weight excluding hydrogens is 360 g/mol. The Bertz CT molecular complexity index is 410. The minimum absolute atomic E-state index is 0.144. The third-order valence-corrected chi connectivity index (χ3v) is 4.94. The van der Waals surface area contributed by atoms with Crippen LogP contribution in [0, 0.1) is 0 Å². The molecule has 0 atom stereocenters. The summed E-state index contributed by atoms with van der Waals surface area (Å²) in [5, 5.41) is 0. The van der Waals surface area contributed by atoms with E-state index in [1.807, 2.05) is 13.8 Å². The number of carbonyl (C=O) groups is 2. The zero-order valence-corrected chi connectivity index (χ0v) is 18.3. The summed E-state index contributed by atoms with van der Waals surface area (Å²) in [6.07, 6.45) is 2.00. The van der Waals surface area contributed by atoms with E-state index in [0.717, 1.165) is 65.2 Å². The third kappa shape index (κ3) is 11.6. The average Bonchev–Trinajstić information content (AvgIpc) is 2.63. The monoisotopic (exact) mass is 400 g/mol. The van der Waals surface area contributed by atoms with Crippen LogP contribution in [0.2, 0.25) is 0 Å². The van der Waals surface area contributed by atoms with Crippen LogP contribution in [0.5, 0.6) is 0 Å². The maximum Gasteiger partial charge on any atom is 0.320 e. The Morgan fingerprint density at radius 3 is 1.39 bits per heavy atom. The fraction of sp³-hybridized carbons (Fsp3) is 0.900. The van der Waals surface area contributed by atoms with Crippen molar-refractivity contribution in [2.24, 2.45) is 0 Å². The lowest BCUT2D eigenvalue weighted by molar-refractivity contribution is -0.145. The molecule has 0 aliphatic carbocycles. The molecule has 0 saturated carbocycles. The first kappa shape index (κ1) is 24.8. The van der Waals surface area contributed by atoms with Gasteiger partial charge in [0.25, 0.3) is 0 Å². The Morgan fingerprint density at radius 1 is 0.643 bits per heavy atom. The summed E-state index contributed by atoms with van der Waals surface area (Å²) in [6.45, 7) is 12.5. The van der Waals surface area contributed by atoms with E-state index in [9.17, 15) is 9.59 Å². The van der Waals surface area contributed by atoms with Crippen LogP contribution in [-0.2, 0) is 19.1 Å². The van der Waals surface area contributed by atoms with Crippen molar-refractivity contribution >= 4 is 11.9 Å². The first-order chi connectivity index (χ1) is 13.4. The van der Waals surface area contributed by atoms with Gasteiger partial charge in [0.15, 0.2) is 0 Å². The van der Waals surface area contributed by atoms with Gasteiger partial charge in [-0.25, -0.2) is 0 Å². The highest BCUT2D eigenvalue weighted by molar-refractivity contribution is 5.71. The molecule has 1 fully saturated rings. The quantitative estimate of drug-likeness (QED) is 0.593. The Hall–Kier alpha value is -1.22. The summed E-state index contributed by atoms with van der Waals surface area (Å²) >= 11 is 0. The van der Waals surface area contributed by atoms with Crippen molar-refractivity contribution in [1.82, 2.24) is 19.6 Å². The number of nitrogens with zero attached hydrogens (tertiary/aromatic N) is 4. The van der Waals surface area contributed by atoms with Gasteiger partial charge in [-0.1, -0.05) is 0 Å². The number of hydrogen-bond acceptors (Lipinski definition) is 8. The first-order valence-electron chi connectivity index (χ1n) is 10.6. The molecule has 28 heavy (non-hydrogen) atoms. The van der Waals surface area contributed by atoms with Crippen LogP contribution in [0.1, 0.15) is 26.7 Å². The van der Waals surface area contributed by atoms with Crippen molar-refractivity contribution in [1.29, 1.82) is 0 Å². The Labute approximate surface area is 170 Å². The fourth-order valence-corrected chi connectivity index (χ4v) is 3.29. The molecule has 0 aromatic heterocycles. The standard InChI is InChI=1S/C20H40N4O4/c1-5-27-19(25)17-23-11-7-9-22(4)14-16-24(18-20(26)28-6-2)12-8-10-21(3)13-15-23/h5-18H2,1-4H3. The molecule has 1 heterocycles. The normalized spacial score (nSPS) is 20.4. The minimum Gasteiger partial charge on any atom is -0.465 e. The van der Waals surface area contributed by atoms with Crippen molar-refractivity contribution in [2.45, 2.75) is 26.7 Å². The molecule has 1 aliphatic rings. The molecule has 1 aliphatic heterocycles. The number of esters is 2. The van der Waals surface area contributed by atoms with Gasteiger partial charge in [0.2, 0.25) is 0 Å². The smallest absolute Gasteiger partial charge is 0.320 e. The van der Waals surface area contributed by atoms with Gasteiger partial charge in [0.1, 0.15) is 0 Å². The lowest BCUT2D eigenvalue weighted by Gasteiger charge is -2.29. The van der Waals surface area contributed by atoms with Crippen LogP contribution in [0.25, 0.3) is 0 Å². The molecule has 0 aromatic rings. The van der Waals surface area contributed by atoms with Crippen molar-refractivity contribution in [3.63, 3.8) is 0 Å². The second kappa shape index (κ2) is 14.7. The molecule has 0 aromatic carbocycles. The van der Waals surface area contributed by atoms with Crippen molar-refractivity contribution < 1.29 is 19.1 Å². The molecule has 0 N–H and O–H groups in total. The summed E-state index contributed by atoms with van der Waals surface area (Å²) in [5.41, 5.74) is 0. The predicted octanol–water partition coefficient (Wildman–Crippen LogP) is 0.374. The van der Waals surface area contributed by atoms with E-state index < -0.39 is 0 Å². The van der Waals surface area contributed by atoms with Crippen molar-refractivity contribution in [3.8, 4) is 0 Å². The lowest BCUT2D eigenvalue weighted by atomic mass is 10.3. The zero-order chi connectivity index (χ0) is 20.8. The highest BCUT2D eigenvalue weighted by Crippen LogP contribution is 2.01. The highest BCUT2D eigenvalue weighted by atomic mass is 16.5. The second-order valence-corrected chi connectivity index (χ2v) is 7.48. The van der Waals surface area contributed by atoms with E-state index in [1.54, 1.807) is 0 Å². The van der Waals surface area contributed by atoms with Gasteiger partial charge in [0.05, 0.1) is 26.3 Å². The Kier molecular flexibility index (Phi) is 13.1. The van der Waals surface area contributed by atoms with Crippen LogP contribution in [0.3, 0.4) is 0 Å². The predicted molar refractivity (Wildman–Crippen MR) is 110 cm³/mol. The van der Waals surface area contributed by atoms with E-state index in [1.165, 1.54) is 0 Å². The molecule has 0 amide bonds. The van der Waals surface area contributed by atoms with E-state index in [4.69, 9.17) is 9.47 Å². The third-order valence-electron chi connectivity index (χ3n) is 4.94. The molecule has 8 nitrogen and oxygen atoms in total. The summed E-state index contributed by atoms with van der Waals surface area (Å²) in [6, 6.07) is 0. The van der Waals surface area contributed by atoms with Gasteiger partial charge in [0, 0.05) is 39.3 Å². The summed E-state index contributed by atoms with van der Waals surface area (Å²) < 4.78 is 10.2. The average molecular weight is 401 g/mol. The largest absolute Gasteiger partial charge is 0.465 e. The van der Waals surface area contributed by atoms with Gasteiger partial charge >= 0.3 is 11.9 Å². The molecule has 0 bridgehead atoms. The van der Waals surface area contributed by atoms with Gasteiger partial charge in [-0.05, 0) is 53.9 Å². The number of hydrogen-bond donors (Lipinski definition) is 0. The maximum absolute atomic E-state index is 11.9. The van der Waals surface area contributed by atoms with Crippen LogP contribution < -0.4 is 0 Å². The van der Waals surface area contributed by atoms with Crippen LogP contribution in [0.15, 0.2) is 0 Å². The number of carbonyl (C=O) groups excluding carboxylic acids is 2. The highest BCUT2D eigenvalue weighted by Gasteiger charge is 2.16. The Balaban J connectivity index is 2.59. The van der Waals surface area contributed by atoms with E-state index >= 15 is 0 Å². The molecule has 0 unspecified atom stereocenters. The molecule has 1 saturated heterocycles. The summed E-state index contributed by atoms with van der Waals surface area (Å²) in [5.74, 6) is -0.288. The number of ether oxygens (including phenoxy) is 2. The summed E-state index contributed by atoms with van der Waals surface area (Å²) in [7, 11) is 4.22. The molecular formula is C20H40N4O4. The van der Waals surface area contributed by atoms with Gasteiger partial charge in [-0.2, -0.15) is 0 Å². The number of rotatable bonds is 6. The fourth-order valence-electron chi connectivity index (χ4n) is 3.29. The van der Waals surface area contributed by atoms with E-state index in [2.05, 4.69) is 33.7 Å². The van der Waals surface area contributed by atoms with E-state index in [0.29, 0.717) is 26.3 Å². The van der Waals surface area contributed by atoms with Gasteiger partial charge in [-0.15, -0.1) is 0 Å². The van der Waals surface area contributed by atoms with Crippen LogP contribution in [-0.4, -0.2) is 124 Å². The molecule has 0 spiro atoms. The van der Waals surface area contributed by atoms with Crippen molar-refractivity contribution in [2.75, 3.05) is 92.8 Å². The lowest BCUT2D eigenvalue weighted by Crippen LogP contribution is -2.42. The van der Waals surface area contributed by atoms with Gasteiger partial charge in [-0.3, -0.25) is 19.4 Å². The van der Waals surface area contributed by atoms with E-state index in [-0.39, 0.29) is 11.9 Å². The topological polar surface area (TPSA) is 65.6 Å². The molecule has 8 heteroatoms. The SMILES string of the molecule is CCOC(=O)CN1CCCN(C)CCN(CC(=O)OCC)CCCN(C)CC1. The molecule has 1 rings (SSSR count).